The Hall–Kier alpha value is -1.13. The summed E-state index contributed by atoms with van der Waals surface area (Å²) >= 11 is 5.53. The minimum absolute atomic E-state index is 0.0493. The molecule has 0 bridgehead atoms. The highest BCUT2D eigenvalue weighted by molar-refractivity contribution is 6.32. The van der Waals surface area contributed by atoms with E-state index in [1.807, 2.05) is 0 Å². The molecule has 5 heteroatoms. The molecular weight excluding hydrogens is 209 g/mol. The molecule has 3 nitrogen and oxygen atoms in total. The maximum atomic E-state index is 13.1. The smallest absolute Gasteiger partial charge is 0.167 e. The molecule has 0 aliphatic carbocycles. The summed E-state index contributed by atoms with van der Waals surface area (Å²) in [6.07, 6.45) is 0.0536. The third-order valence-corrected chi connectivity index (χ3v) is 2.01. The van der Waals surface area contributed by atoms with Crippen molar-refractivity contribution in [3.63, 3.8) is 0 Å². The van der Waals surface area contributed by atoms with Gasteiger partial charge in [0, 0.05) is 12.5 Å². The molecule has 1 aromatic rings. The van der Waals surface area contributed by atoms with E-state index >= 15 is 0 Å². The molecule has 0 spiro atoms. The van der Waals surface area contributed by atoms with Gasteiger partial charge in [-0.1, -0.05) is 11.6 Å². The summed E-state index contributed by atoms with van der Waals surface area (Å²) in [5.41, 5.74) is 5.02. The van der Waals surface area contributed by atoms with Crippen LogP contribution in [0.3, 0.4) is 0 Å². The molecule has 76 valence electrons. The van der Waals surface area contributed by atoms with Gasteiger partial charge in [0.05, 0.1) is 10.6 Å². The fourth-order valence-corrected chi connectivity index (χ4v) is 1.18. The SMILES string of the molecule is NCCC(=O)c1cc(Cl)c(O)cc1F. The molecule has 0 heterocycles. The lowest BCUT2D eigenvalue weighted by atomic mass is 10.1. The van der Waals surface area contributed by atoms with E-state index in [1.54, 1.807) is 0 Å². The highest BCUT2D eigenvalue weighted by atomic mass is 35.5. The Labute approximate surface area is 85.3 Å². The van der Waals surface area contributed by atoms with E-state index in [0.29, 0.717) is 0 Å². The normalized spacial score (nSPS) is 10.2. The van der Waals surface area contributed by atoms with Crippen LogP contribution in [0.5, 0.6) is 5.75 Å². The van der Waals surface area contributed by atoms with Gasteiger partial charge in [-0.3, -0.25) is 4.79 Å². The lowest BCUT2D eigenvalue weighted by Gasteiger charge is -2.03. The number of nitrogens with two attached hydrogens (primary N) is 1. The number of phenols is 1. The molecule has 14 heavy (non-hydrogen) atoms. The summed E-state index contributed by atoms with van der Waals surface area (Å²) in [6.45, 7) is 0.150. The Kier molecular flexibility index (Phi) is 3.43. The van der Waals surface area contributed by atoms with Crippen LogP contribution in [0.4, 0.5) is 4.39 Å². The second-order valence-electron chi connectivity index (χ2n) is 2.75. The van der Waals surface area contributed by atoms with Gasteiger partial charge >= 0.3 is 0 Å². The number of hydrogen-bond acceptors (Lipinski definition) is 3. The van der Waals surface area contributed by atoms with Crippen LogP contribution in [0.2, 0.25) is 5.02 Å². The van der Waals surface area contributed by atoms with Gasteiger partial charge in [0.25, 0.3) is 0 Å². The summed E-state index contributed by atoms with van der Waals surface area (Å²) in [5, 5.41) is 8.98. The molecule has 0 aliphatic rings. The average molecular weight is 218 g/mol. The largest absolute Gasteiger partial charge is 0.506 e. The number of carbonyl (C=O) groups is 1. The van der Waals surface area contributed by atoms with Crippen molar-refractivity contribution in [2.24, 2.45) is 5.73 Å². The first-order chi connectivity index (χ1) is 6.56. The van der Waals surface area contributed by atoms with Crippen LogP contribution in [0, 0.1) is 5.82 Å². The maximum absolute atomic E-state index is 13.1. The number of aromatic hydroxyl groups is 1. The first-order valence-corrected chi connectivity index (χ1v) is 4.35. The topological polar surface area (TPSA) is 63.3 Å². The van der Waals surface area contributed by atoms with Gasteiger partial charge in [0.1, 0.15) is 11.6 Å². The van der Waals surface area contributed by atoms with Crippen LogP contribution in [-0.4, -0.2) is 17.4 Å². The number of halogens is 2. The molecule has 0 amide bonds. The van der Waals surface area contributed by atoms with Crippen molar-refractivity contribution in [1.29, 1.82) is 0 Å². The molecule has 0 saturated heterocycles. The van der Waals surface area contributed by atoms with Crippen molar-refractivity contribution < 1.29 is 14.3 Å². The maximum Gasteiger partial charge on any atom is 0.167 e. The van der Waals surface area contributed by atoms with Crippen LogP contribution < -0.4 is 5.73 Å². The van der Waals surface area contributed by atoms with Gasteiger partial charge in [-0.05, 0) is 12.6 Å². The highest BCUT2D eigenvalue weighted by Crippen LogP contribution is 2.26. The van der Waals surface area contributed by atoms with Crippen molar-refractivity contribution in [3.8, 4) is 5.75 Å². The zero-order chi connectivity index (χ0) is 10.7. The number of rotatable bonds is 3. The Bertz CT molecular complexity index is 368. The number of ketones is 1. The van der Waals surface area contributed by atoms with E-state index in [2.05, 4.69) is 0 Å². The van der Waals surface area contributed by atoms with Gasteiger partial charge in [-0.15, -0.1) is 0 Å². The van der Waals surface area contributed by atoms with Crippen molar-refractivity contribution >= 4 is 17.4 Å². The molecule has 1 rings (SSSR count). The number of phenolic OH excluding ortho intramolecular Hbond substituents is 1. The highest BCUT2D eigenvalue weighted by Gasteiger charge is 2.13. The summed E-state index contributed by atoms with van der Waals surface area (Å²) in [6, 6.07) is 1.91. The monoisotopic (exact) mass is 217 g/mol. The van der Waals surface area contributed by atoms with Crippen molar-refractivity contribution in [1.82, 2.24) is 0 Å². The molecule has 0 atom stereocenters. The van der Waals surface area contributed by atoms with E-state index in [4.69, 9.17) is 22.4 Å². The number of carbonyl (C=O) groups excluding carboxylic acids is 1. The molecular formula is C9H9ClFNO2. The Morgan fingerprint density at radius 3 is 2.79 bits per heavy atom. The van der Waals surface area contributed by atoms with Crippen molar-refractivity contribution in [2.75, 3.05) is 6.54 Å². The Balaban J connectivity index is 3.09. The minimum atomic E-state index is -0.787. The fraction of sp³-hybridized carbons (Fsp3) is 0.222. The summed E-state index contributed by atoms with van der Waals surface area (Å²) < 4.78 is 13.1. The van der Waals surface area contributed by atoms with Crippen LogP contribution in [-0.2, 0) is 0 Å². The van der Waals surface area contributed by atoms with E-state index in [-0.39, 0.29) is 29.3 Å². The van der Waals surface area contributed by atoms with E-state index in [0.717, 1.165) is 12.1 Å². The Morgan fingerprint density at radius 1 is 1.57 bits per heavy atom. The third-order valence-electron chi connectivity index (χ3n) is 1.71. The lowest BCUT2D eigenvalue weighted by molar-refractivity contribution is 0.0981. The lowest BCUT2D eigenvalue weighted by Crippen LogP contribution is -2.09. The molecule has 1 aromatic carbocycles. The fourth-order valence-electron chi connectivity index (χ4n) is 1.02. The minimum Gasteiger partial charge on any atom is -0.506 e. The van der Waals surface area contributed by atoms with Gasteiger partial charge in [-0.25, -0.2) is 4.39 Å². The quantitative estimate of drug-likeness (QED) is 0.758. The summed E-state index contributed by atoms with van der Waals surface area (Å²) in [7, 11) is 0. The predicted octanol–water partition coefficient (Wildman–Crippen LogP) is 1.72. The van der Waals surface area contributed by atoms with Crippen LogP contribution in [0.15, 0.2) is 12.1 Å². The van der Waals surface area contributed by atoms with Gasteiger partial charge in [0.15, 0.2) is 5.78 Å². The Morgan fingerprint density at radius 2 is 2.21 bits per heavy atom. The molecule has 0 unspecified atom stereocenters. The molecule has 0 aliphatic heterocycles. The van der Waals surface area contributed by atoms with Gasteiger partial charge < -0.3 is 10.8 Å². The summed E-state index contributed by atoms with van der Waals surface area (Å²) in [5.74, 6) is -1.59. The van der Waals surface area contributed by atoms with E-state index in [1.165, 1.54) is 0 Å². The third kappa shape index (κ3) is 2.21. The zero-order valence-corrected chi connectivity index (χ0v) is 8.01. The number of Topliss-reactive ketones (excluding diaryl/α,β-unsaturated/α-hetero) is 1. The van der Waals surface area contributed by atoms with E-state index in [9.17, 15) is 9.18 Å². The zero-order valence-electron chi connectivity index (χ0n) is 7.26. The predicted molar refractivity (Wildman–Crippen MR) is 51.1 cm³/mol. The number of benzene rings is 1. The van der Waals surface area contributed by atoms with Gasteiger partial charge in [0.2, 0.25) is 0 Å². The van der Waals surface area contributed by atoms with Crippen LogP contribution in [0.25, 0.3) is 0 Å². The molecule has 0 radical (unpaired) electrons. The first-order valence-electron chi connectivity index (χ1n) is 3.97. The summed E-state index contributed by atoms with van der Waals surface area (Å²) in [4.78, 5) is 11.3. The molecule has 0 saturated carbocycles. The van der Waals surface area contributed by atoms with E-state index < -0.39 is 11.6 Å². The average Bonchev–Trinajstić information content (AvgIpc) is 2.11. The standard InChI is InChI=1S/C9H9ClFNO2/c10-6-3-5(8(13)1-2-12)7(11)4-9(6)14/h3-4,14H,1-2,12H2. The second kappa shape index (κ2) is 4.39. The second-order valence-corrected chi connectivity index (χ2v) is 3.15. The van der Waals surface area contributed by atoms with Gasteiger partial charge in [-0.2, -0.15) is 0 Å². The van der Waals surface area contributed by atoms with Crippen molar-refractivity contribution in [2.45, 2.75) is 6.42 Å². The van der Waals surface area contributed by atoms with Crippen molar-refractivity contribution in [3.05, 3.63) is 28.5 Å². The molecule has 0 aromatic heterocycles. The molecule has 3 N–H and O–H groups in total. The van der Waals surface area contributed by atoms with Crippen LogP contribution in [0.1, 0.15) is 16.8 Å². The molecule has 0 fully saturated rings. The number of hydrogen-bond donors (Lipinski definition) is 2. The van der Waals surface area contributed by atoms with Crippen LogP contribution >= 0.6 is 11.6 Å². The first kappa shape index (κ1) is 10.9.